The van der Waals surface area contributed by atoms with E-state index in [2.05, 4.69) is 27.7 Å². The summed E-state index contributed by atoms with van der Waals surface area (Å²) in [6, 6.07) is 0. The van der Waals surface area contributed by atoms with E-state index in [1.807, 2.05) is 0 Å². The first-order valence-electron chi connectivity index (χ1n) is 6.90. The van der Waals surface area contributed by atoms with Gasteiger partial charge in [-0.05, 0) is 60.2 Å². The molecule has 0 aliphatic heterocycles. The Morgan fingerprint density at radius 3 is 2.33 bits per heavy atom. The summed E-state index contributed by atoms with van der Waals surface area (Å²) in [5, 5.41) is 0. The monoisotopic (exact) mass is 206 g/mol. The predicted octanol–water partition coefficient (Wildman–Crippen LogP) is 4.64. The maximum Gasteiger partial charge on any atom is -0.0210 e. The lowest BCUT2D eigenvalue weighted by atomic mass is 9.49. The van der Waals surface area contributed by atoms with Crippen LogP contribution in [0.15, 0.2) is 0 Å². The Morgan fingerprint density at radius 1 is 0.933 bits per heavy atom. The molecule has 3 rings (SSSR count). The summed E-state index contributed by atoms with van der Waals surface area (Å²) in [5.41, 5.74) is 2.01. The molecule has 3 unspecified atom stereocenters. The molecule has 3 aliphatic rings. The van der Waals surface area contributed by atoms with E-state index in [1.165, 1.54) is 25.7 Å². The molecule has 0 aromatic carbocycles. The largest absolute Gasteiger partial charge is 0.0594 e. The lowest BCUT2D eigenvalue weighted by Crippen LogP contribution is -2.48. The predicted molar refractivity (Wildman–Crippen MR) is 64.7 cm³/mol. The van der Waals surface area contributed by atoms with Crippen molar-refractivity contribution < 1.29 is 0 Å². The topological polar surface area (TPSA) is 0 Å². The van der Waals surface area contributed by atoms with Crippen LogP contribution in [0.4, 0.5) is 0 Å². The summed E-state index contributed by atoms with van der Waals surface area (Å²) in [4.78, 5) is 0. The van der Waals surface area contributed by atoms with Crippen molar-refractivity contribution in [3.05, 3.63) is 0 Å². The minimum atomic E-state index is 0.623. The first-order chi connectivity index (χ1) is 6.90. The van der Waals surface area contributed by atoms with Gasteiger partial charge in [0.2, 0.25) is 0 Å². The minimum Gasteiger partial charge on any atom is -0.0594 e. The molecule has 0 heterocycles. The highest BCUT2D eigenvalue weighted by Crippen LogP contribution is 2.75. The maximum absolute atomic E-state index is 2.56. The van der Waals surface area contributed by atoms with Gasteiger partial charge in [0, 0.05) is 0 Å². The Balaban J connectivity index is 2.07. The Kier molecular flexibility index (Phi) is 1.78. The molecule has 3 fully saturated rings. The molecule has 0 aromatic heterocycles. The Hall–Kier alpha value is 0. The van der Waals surface area contributed by atoms with Crippen molar-refractivity contribution in [1.29, 1.82) is 0 Å². The Labute approximate surface area is 94.8 Å². The standard InChI is InChI=1S/C15H26/c1-13(2)8-5-6-12-14(3,4)11-7-9-15(12,13)10-11/h11-12H,5-10H2,1-4H3. The Morgan fingerprint density at radius 2 is 1.67 bits per heavy atom. The second kappa shape index (κ2) is 2.63. The number of hydrogen-bond donors (Lipinski definition) is 0. The van der Waals surface area contributed by atoms with Crippen LogP contribution in [0.3, 0.4) is 0 Å². The van der Waals surface area contributed by atoms with Gasteiger partial charge in [-0.15, -0.1) is 0 Å². The quantitative estimate of drug-likeness (QED) is 0.541. The number of rotatable bonds is 0. The van der Waals surface area contributed by atoms with E-state index in [0.717, 1.165) is 17.3 Å². The summed E-state index contributed by atoms with van der Waals surface area (Å²) < 4.78 is 0. The molecule has 0 amide bonds. The molecule has 0 nitrogen and oxygen atoms in total. The van der Waals surface area contributed by atoms with E-state index in [-0.39, 0.29) is 0 Å². The molecule has 3 atom stereocenters. The van der Waals surface area contributed by atoms with Crippen molar-refractivity contribution in [2.45, 2.75) is 66.2 Å². The van der Waals surface area contributed by atoms with E-state index in [4.69, 9.17) is 0 Å². The molecule has 3 saturated carbocycles. The van der Waals surface area contributed by atoms with Gasteiger partial charge in [-0.3, -0.25) is 0 Å². The third-order valence-electron chi connectivity index (χ3n) is 6.81. The molecule has 0 radical (unpaired) electrons. The average Bonchev–Trinajstić information content (AvgIpc) is 2.63. The minimum absolute atomic E-state index is 0.623. The van der Waals surface area contributed by atoms with E-state index >= 15 is 0 Å². The van der Waals surface area contributed by atoms with Crippen LogP contribution in [0.2, 0.25) is 0 Å². The zero-order valence-corrected chi connectivity index (χ0v) is 10.9. The van der Waals surface area contributed by atoms with Crippen LogP contribution in [0.25, 0.3) is 0 Å². The van der Waals surface area contributed by atoms with Gasteiger partial charge in [0.25, 0.3) is 0 Å². The SMILES string of the molecule is CC1(C)C2CCC3(C2)C1CCCC3(C)C. The molecule has 0 aromatic rings. The van der Waals surface area contributed by atoms with E-state index in [0.29, 0.717) is 10.8 Å². The van der Waals surface area contributed by atoms with Crippen molar-refractivity contribution >= 4 is 0 Å². The smallest absolute Gasteiger partial charge is 0.0210 e. The van der Waals surface area contributed by atoms with Gasteiger partial charge < -0.3 is 0 Å². The van der Waals surface area contributed by atoms with Gasteiger partial charge in [-0.2, -0.15) is 0 Å². The van der Waals surface area contributed by atoms with E-state index in [9.17, 15) is 0 Å². The molecule has 0 heteroatoms. The highest BCUT2D eigenvalue weighted by Gasteiger charge is 2.66. The first-order valence-corrected chi connectivity index (χ1v) is 6.90. The third-order valence-corrected chi connectivity index (χ3v) is 6.81. The van der Waals surface area contributed by atoms with Gasteiger partial charge >= 0.3 is 0 Å². The van der Waals surface area contributed by atoms with Crippen molar-refractivity contribution in [3.63, 3.8) is 0 Å². The molecule has 15 heavy (non-hydrogen) atoms. The fourth-order valence-corrected chi connectivity index (χ4v) is 5.76. The van der Waals surface area contributed by atoms with Gasteiger partial charge in [-0.25, -0.2) is 0 Å². The zero-order valence-electron chi connectivity index (χ0n) is 10.9. The maximum atomic E-state index is 2.56. The van der Waals surface area contributed by atoms with Crippen LogP contribution in [0.5, 0.6) is 0 Å². The van der Waals surface area contributed by atoms with Crippen molar-refractivity contribution in [1.82, 2.24) is 0 Å². The molecular weight excluding hydrogens is 180 g/mol. The van der Waals surface area contributed by atoms with Gasteiger partial charge in [0.05, 0.1) is 0 Å². The molecular formula is C15H26. The van der Waals surface area contributed by atoms with Crippen molar-refractivity contribution in [2.24, 2.45) is 28.1 Å². The summed E-state index contributed by atoms with van der Waals surface area (Å²) in [6.07, 6.45) is 9.10. The molecule has 3 aliphatic carbocycles. The second-order valence-electron chi connectivity index (χ2n) is 7.75. The summed E-state index contributed by atoms with van der Waals surface area (Å²) in [6.45, 7) is 10.2. The van der Waals surface area contributed by atoms with Crippen molar-refractivity contribution in [2.75, 3.05) is 0 Å². The van der Waals surface area contributed by atoms with Gasteiger partial charge in [0.15, 0.2) is 0 Å². The van der Waals surface area contributed by atoms with E-state index < -0.39 is 0 Å². The highest BCUT2D eigenvalue weighted by atomic mass is 14.7. The number of fused-ring (bicyclic) bond motifs is 1. The average molecular weight is 206 g/mol. The lowest BCUT2D eigenvalue weighted by Gasteiger charge is -2.56. The molecule has 86 valence electrons. The lowest BCUT2D eigenvalue weighted by molar-refractivity contribution is -0.0651. The molecule has 0 N–H and O–H groups in total. The van der Waals surface area contributed by atoms with Crippen LogP contribution in [-0.2, 0) is 0 Å². The zero-order chi connectivity index (χ0) is 10.9. The van der Waals surface area contributed by atoms with Crippen LogP contribution in [0, 0.1) is 28.1 Å². The third kappa shape index (κ3) is 0.996. The van der Waals surface area contributed by atoms with Crippen LogP contribution >= 0.6 is 0 Å². The first kappa shape index (κ1) is 10.2. The fourth-order valence-electron chi connectivity index (χ4n) is 5.76. The normalized spacial score (nSPS) is 50.4. The summed E-state index contributed by atoms with van der Waals surface area (Å²) in [5.74, 6) is 2.08. The molecule has 0 saturated heterocycles. The second-order valence-corrected chi connectivity index (χ2v) is 7.75. The fraction of sp³-hybridized carbons (Fsp3) is 1.00. The van der Waals surface area contributed by atoms with Gasteiger partial charge in [-0.1, -0.05) is 34.1 Å². The van der Waals surface area contributed by atoms with Crippen molar-refractivity contribution in [3.8, 4) is 0 Å². The summed E-state index contributed by atoms with van der Waals surface area (Å²) in [7, 11) is 0. The number of hydrogen-bond acceptors (Lipinski definition) is 0. The van der Waals surface area contributed by atoms with Crippen LogP contribution in [-0.4, -0.2) is 0 Å². The summed E-state index contributed by atoms with van der Waals surface area (Å²) >= 11 is 0. The van der Waals surface area contributed by atoms with Crippen LogP contribution < -0.4 is 0 Å². The molecule has 2 bridgehead atoms. The molecule has 1 spiro atoms. The highest BCUT2D eigenvalue weighted by molar-refractivity contribution is 5.15. The Bertz CT molecular complexity index is 286. The van der Waals surface area contributed by atoms with Gasteiger partial charge in [0.1, 0.15) is 0 Å². The van der Waals surface area contributed by atoms with E-state index in [1.54, 1.807) is 12.8 Å². The van der Waals surface area contributed by atoms with Crippen LogP contribution in [0.1, 0.15) is 66.2 Å².